The molecule has 98 valence electrons. The van der Waals surface area contributed by atoms with Crippen molar-refractivity contribution >= 4 is 23.7 Å². The van der Waals surface area contributed by atoms with E-state index in [0.29, 0.717) is 0 Å². The fourth-order valence-electron chi connectivity index (χ4n) is 1.26. The van der Waals surface area contributed by atoms with Crippen LogP contribution in [0.15, 0.2) is 24.4 Å². The van der Waals surface area contributed by atoms with Gasteiger partial charge in [0.05, 0.1) is 13.7 Å². The van der Waals surface area contributed by atoms with Crippen LogP contribution in [-0.4, -0.2) is 48.1 Å². The van der Waals surface area contributed by atoms with Crippen LogP contribution >= 0.6 is 11.8 Å². The molecule has 1 unspecified atom stereocenters. The third-order valence-electron chi connectivity index (χ3n) is 2.15. The highest BCUT2D eigenvalue weighted by Gasteiger charge is 2.31. The van der Waals surface area contributed by atoms with Crippen molar-refractivity contribution < 1.29 is 19.1 Å². The van der Waals surface area contributed by atoms with Crippen LogP contribution < -0.4 is 0 Å². The van der Waals surface area contributed by atoms with Gasteiger partial charge in [-0.2, -0.15) is 0 Å². The molecule has 1 aromatic heterocycles. The predicted octanol–water partition coefficient (Wildman–Crippen LogP) is 0.866. The number of rotatable bonds is 5. The Morgan fingerprint density at radius 1 is 1.44 bits per heavy atom. The van der Waals surface area contributed by atoms with E-state index in [1.165, 1.54) is 26.5 Å². The molecule has 0 fully saturated rings. The van der Waals surface area contributed by atoms with Crippen LogP contribution in [0.25, 0.3) is 0 Å². The van der Waals surface area contributed by atoms with Crippen molar-refractivity contribution in [2.75, 3.05) is 20.8 Å². The maximum absolute atomic E-state index is 11.9. The van der Waals surface area contributed by atoms with Gasteiger partial charge in [-0.25, -0.2) is 9.21 Å². The highest BCUT2D eigenvalue weighted by atomic mass is 35.5. The molecular formula is C11H13ClN2O4. The number of carbonyl (C=O) groups is 2. The Morgan fingerprint density at radius 2 is 2.17 bits per heavy atom. The number of esters is 1. The number of halogens is 1. The molecule has 1 heterocycles. The summed E-state index contributed by atoms with van der Waals surface area (Å²) >= 11 is 5.85. The van der Waals surface area contributed by atoms with Gasteiger partial charge in [0.1, 0.15) is 5.69 Å². The standard InChI is InChI=1S/C11H13ClN2O4/c1-17-7-9(11(16)18-2)14(12)10(15)8-5-3-4-6-13-8/h3-6,9H,7H2,1-2H3. The van der Waals surface area contributed by atoms with E-state index >= 15 is 0 Å². The minimum Gasteiger partial charge on any atom is -0.467 e. The second-order valence-corrected chi connectivity index (χ2v) is 3.69. The summed E-state index contributed by atoms with van der Waals surface area (Å²) in [5.74, 6) is -1.25. The molecular weight excluding hydrogens is 260 g/mol. The lowest BCUT2D eigenvalue weighted by Gasteiger charge is -2.22. The quantitative estimate of drug-likeness (QED) is 0.587. The molecule has 1 aromatic rings. The smallest absolute Gasteiger partial charge is 0.332 e. The minimum atomic E-state index is -1.02. The van der Waals surface area contributed by atoms with E-state index in [0.717, 1.165) is 4.42 Å². The first-order chi connectivity index (χ1) is 8.61. The second kappa shape index (κ2) is 6.93. The molecule has 1 rings (SSSR count). The summed E-state index contributed by atoms with van der Waals surface area (Å²) in [6.07, 6.45) is 1.46. The molecule has 0 N–H and O–H groups in total. The van der Waals surface area contributed by atoms with E-state index in [9.17, 15) is 9.59 Å². The molecule has 0 aliphatic rings. The highest BCUT2D eigenvalue weighted by molar-refractivity contribution is 6.25. The van der Waals surface area contributed by atoms with Gasteiger partial charge < -0.3 is 9.47 Å². The van der Waals surface area contributed by atoms with Crippen LogP contribution in [0.1, 0.15) is 10.5 Å². The summed E-state index contributed by atoms with van der Waals surface area (Å²) in [5.41, 5.74) is 0.137. The Labute approximate surface area is 110 Å². The molecule has 18 heavy (non-hydrogen) atoms. The van der Waals surface area contributed by atoms with Crippen LogP contribution in [-0.2, 0) is 14.3 Å². The number of amides is 1. The zero-order valence-corrected chi connectivity index (χ0v) is 10.8. The van der Waals surface area contributed by atoms with Crippen LogP contribution in [0.3, 0.4) is 0 Å². The summed E-state index contributed by atoms with van der Waals surface area (Å²) in [4.78, 5) is 27.3. The first-order valence-electron chi connectivity index (χ1n) is 5.09. The average molecular weight is 273 g/mol. The summed E-state index contributed by atoms with van der Waals surface area (Å²) in [6, 6.07) is 3.80. The third kappa shape index (κ3) is 3.41. The topological polar surface area (TPSA) is 68.7 Å². The summed E-state index contributed by atoms with van der Waals surface area (Å²) < 4.78 is 10.1. The molecule has 0 spiro atoms. The fourth-order valence-corrected chi connectivity index (χ4v) is 1.48. The van der Waals surface area contributed by atoms with Crippen molar-refractivity contribution in [2.24, 2.45) is 0 Å². The number of hydrogen-bond acceptors (Lipinski definition) is 5. The van der Waals surface area contributed by atoms with E-state index in [1.54, 1.807) is 12.1 Å². The van der Waals surface area contributed by atoms with Gasteiger partial charge in [0.2, 0.25) is 0 Å². The Balaban J connectivity index is 2.86. The first-order valence-corrected chi connectivity index (χ1v) is 5.42. The SMILES string of the molecule is COCC(C(=O)OC)N(Cl)C(=O)c1ccccn1. The molecule has 7 heteroatoms. The molecule has 0 aliphatic heterocycles. The molecule has 0 saturated heterocycles. The maximum Gasteiger partial charge on any atom is 0.332 e. The monoisotopic (exact) mass is 272 g/mol. The van der Waals surface area contributed by atoms with Gasteiger partial charge in [-0.3, -0.25) is 9.78 Å². The van der Waals surface area contributed by atoms with E-state index in [4.69, 9.17) is 16.5 Å². The van der Waals surface area contributed by atoms with Crippen LogP contribution in [0, 0.1) is 0 Å². The lowest BCUT2D eigenvalue weighted by molar-refractivity contribution is -0.146. The number of aromatic nitrogens is 1. The van der Waals surface area contributed by atoms with Crippen LogP contribution in [0.4, 0.5) is 0 Å². The molecule has 0 bridgehead atoms. The summed E-state index contributed by atoms with van der Waals surface area (Å²) in [5, 5.41) is 0. The molecule has 0 aliphatic carbocycles. The van der Waals surface area contributed by atoms with Crippen molar-refractivity contribution in [3.63, 3.8) is 0 Å². The predicted molar refractivity (Wildman–Crippen MR) is 63.9 cm³/mol. The molecule has 0 saturated carbocycles. The van der Waals surface area contributed by atoms with Crippen molar-refractivity contribution in [3.05, 3.63) is 30.1 Å². The first kappa shape index (κ1) is 14.4. The molecule has 1 atom stereocenters. The second-order valence-electron chi connectivity index (χ2n) is 3.33. The number of pyridine rings is 1. The number of nitrogens with zero attached hydrogens (tertiary/aromatic N) is 2. The van der Waals surface area contributed by atoms with Crippen molar-refractivity contribution in [1.29, 1.82) is 0 Å². The Kier molecular flexibility index (Phi) is 5.54. The van der Waals surface area contributed by atoms with Crippen LogP contribution in [0.5, 0.6) is 0 Å². The largest absolute Gasteiger partial charge is 0.467 e. The van der Waals surface area contributed by atoms with Crippen molar-refractivity contribution in [1.82, 2.24) is 9.40 Å². The van der Waals surface area contributed by atoms with E-state index in [1.807, 2.05) is 0 Å². The lowest BCUT2D eigenvalue weighted by atomic mass is 10.2. The van der Waals surface area contributed by atoms with Gasteiger partial charge in [-0.05, 0) is 12.1 Å². The van der Waals surface area contributed by atoms with Crippen molar-refractivity contribution in [2.45, 2.75) is 6.04 Å². The Bertz CT molecular complexity index is 413. The van der Waals surface area contributed by atoms with Gasteiger partial charge in [-0.1, -0.05) is 6.07 Å². The summed E-state index contributed by atoms with van der Waals surface area (Å²) in [7, 11) is 2.60. The zero-order valence-electron chi connectivity index (χ0n) is 10.00. The maximum atomic E-state index is 11.9. The third-order valence-corrected chi connectivity index (χ3v) is 2.54. The number of ether oxygens (including phenoxy) is 2. The van der Waals surface area contributed by atoms with E-state index in [-0.39, 0.29) is 12.3 Å². The van der Waals surface area contributed by atoms with E-state index < -0.39 is 17.9 Å². The van der Waals surface area contributed by atoms with Crippen molar-refractivity contribution in [3.8, 4) is 0 Å². The Morgan fingerprint density at radius 3 is 2.67 bits per heavy atom. The lowest BCUT2D eigenvalue weighted by Crippen LogP contribution is -2.43. The normalized spacial score (nSPS) is 11.7. The average Bonchev–Trinajstić information content (AvgIpc) is 2.43. The zero-order chi connectivity index (χ0) is 13.5. The number of methoxy groups -OCH3 is 2. The number of carbonyl (C=O) groups excluding carboxylic acids is 2. The minimum absolute atomic E-state index is 0.0608. The van der Waals surface area contributed by atoms with Gasteiger partial charge in [0, 0.05) is 25.1 Å². The fraction of sp³-hybridized carbons (Fsp3) is 0.364. The van der Waals surface area contributed by atoms with E-state index in [2.05, 4.69) is 9.72 Å². The molecule has 6 nitrogen and oxygen atoms in total. The molecule has 0 radical (unpaired) electrons. The highest BCUT2D eigenvalue weighted by Crippen LogP contribution is 2.11. The van der Waals surface area contributed by atoms with Gasteiger partial charge >= 0.3 is 5.97 Å². The number of hydrogen-bond donors (Lipinski definition) is 0. The van der Waals surface area contributed by atoms with Crippen LogP contribution in [0.2, 0.25) is 0 Å². The molecule has 0 aromatic carbocycles. The van der Waals surface area contributed by atoms with Gasteiger partial charge in [-0.15, -0.1) is 0 Å². The van der Waals surface area contributed by atoms with Gasteiger partial charge in [0.25, 0.3) is 5.91 Å². The van der Waals surface area contributed by atoms with Gasteiger partial charge in [0.15, 0.2) is 6.04 Å². The molecule has 1 amide bonds. The summed E-state index contributed by atoms with van der Waals surface area (Å²) in [6.45, 7) is -0.0608. The Hall–Kier alpha value is -1.66.